The summed E-state index contributed by atoms with van der Waals surface area (Å²) in [7, 11) is -3.02. The molecule has 130 valence electrons. The van der Waals surface area contributed by atoms with Crippen molar-refractivity contribution < 1.29 is 18.0 Å². The zero-order valence-electron chi connectivity index (χ0n) is 13.7. The Hall–Kier alpha value is -1.89. The van der Waals surface area contributed by atoms with Crippen molar-refractivity contribution in [1.82, 2.24) is 10.2 Å². The van der Waals surface area contributed by atoms with Crippen LogP contribution in [0.3, 0.4) is 0 Å². The number of nitrogens with one attached hydrogen (secondary N) is 1. The molecule has 6 nitrogen and oxygen atoms in total. The van der Waals surface area contributed by atoms with Gasteiger partial charge in [0.15, 0.2) is 9.84 Å². The van der Waals surface area contributed by atoms with E-state index in [2.05, 4.69) is 5.32 Å². The summed E-state index contributed by atoms with van der Waals surface area (Å²) in [6, 6.07) is 7.66. The standard InChI is InChI=1S/C17H22N2O4S/c1-12-2-4-13(5-3-12)9-19-10-14(8-16(19)20)17(21)18-15-6-7-24(22,23)11-15/h2-5,14-15H,6-11H2,1H3,(H,18,21). The quantitative estimate of drug-likeness (QED) is 0.864. The highest BCUT2D eigenvalue weighted by Crippen LogP contribution is 2.21. The molecular formula is C17H22N2O4S. The zero-order valence-corrected chi connectivity index (χ0v) is 14.5. The van der Waals surface area contributed by atoms with Crippen LogP contribution >= 0.6 is 0 Å². The Kier molecular flexibility index (Phi) is 4.62. The molecule has 2 aliphatic heterocycles. The molecule has 3 rings (SSSR count). The van der Waals surface area contributed by atoms with E-state index in [-0.39, 0.29) is 35.8 Å². The minimum atomic E-state index is -3.02. The van der Waals surface area contributed by atoms with Crippen molar-refractivity contribution in [3.8, 4) is 0 Å². The first-order valence-corrected chi connectivity index (χ1v) is 9.99. The molecule has 2 saturated heterocycles. The molecule has 1 aromatic rings. The highest BCUT2D eigenvalue weighted by atomic mass is 32.2. The molecule has 2 amide bonds. The van der Waals surface area contributed by atoms with Gasteiger partial charge in [-0.3, -0.25) is 9.59 Å². The van der Waals surface area contributed by atoms with Gasteiger partial charge >= 0.3 is 0 Å². The molecule has 0 spiro atoms. The van der Waals surface area contributed by atoms with E-state index in [4.69, 9.17) is 0 Å². The smallest absolute Gasteiger partial charge is 0.225 e. The molecule has 2 aliphatic rings. The fourth-order valence-corrected chi connectivity index (χ4v) is 4.92. The van der Waals surface area contributed by atoms with Gasteiger partial charge in [-0.2, -0.15) is 0 Å². The second-order valence-corrected chi connectivity index (χ2v) is 9.00. The van der Waals surface area contributed by atoms with Crippen molar-refractivity contribution in [3.05, 3.63) is 35.4 Å². The average Bonchev–Trinajstić information content (AvgIpc) is 3.04. The van der Waals surface area contributed by atoms with Gasteiger partial charge in [0, 0.05) is 25.6 Å². The van der Waals surface area contributed by atoms with Gasteiger partial charge in [0.25, 0.3) is 0 Å². The predicted octanol–water partition coefficient (Wildman–Crippen LogP) is 0.647. The summed E-state index contributed by atoms with van der Waals surface area (Å²) in [5.41, 5.74) is 2.20. The number of hydrogen-bond acceptors (Lipinski definition) is 4. The van der Waals surface area contributed by atoms with E-state index < -0.39 is 15.8 Å². The number of benzene rings is 1. The van der Waals surface area contributed by atoms with Gasteiger partial charge in [0.2, 0.25) is 11.8 Å². The van der Waals surface area contributed by atoms with Gasteiger partial charge in [-0.1, -0.05) is 29.8 Å². The number of nitrogens with zero attached hydrogens (tertiary/aromatic N) is 1. The summed E-state index contributed by atoms with van der Waals surface area (Å²) in [5.74, 6) is -0.508. The van der Waals surface area contributed by atoms with Crippen molar-refractivity contribution >= 4 is 21.7 Å². The van der Waals surface area contributed by atoms with Crippen molar-refractivity contribution in [2.24, 2.45) is 5.92 Å². The lowest BCUT2D eigenvalue weighted by atomic mass is 10.1. The van der Waals surface area contributed by atoms with E-state index in [0.717, 1.165) is 11.1 Å². The van der Waals surface area contributed by atoms with Gasteiger partial charge in [0.1, 0.15) is 0 Å². The van der Waals surface area contributed by atoms with Gasteiger partial charge in [0.05, 0.1) is 17.4 Å². The van der Waals surface area contributed by atoms with Crippen LogP contribution in [0.2, 0.25) is 0 Å². The Labute approximate surface area is 142 Å². The van der Waals surface area contributed by atoms with E-state index in [1.54, 1.807) is 4.90 Å². The van der Waals surface area contributed by atoms with Crippen LogP contribution in [0, 0.1) is 12.8 Å². The lowest BCUT2D eigenvalue weighted by Gasteiger charge is -2.18. The lowest BCUT2D eigenvalue weighted by Crippen LogP contribution is -2.40. The Morgan fingerprint density at radius 2 is 2.00 bits per heavy atom. The second kappa shape index (κ2) is 6.55. The number of aryl methyl sites for hydroxylation is 1. The molecule has 0 radical (unpaired) electrons. The zero-order chi connectivity index (χ0) is 17.3. The van der Waals surface area contributed by atoms with Gasteiger partial charge in [-0.25, -0.2) is 8.42 Å². The Morgan fingerprint density at radius 3 is 2.62 bits per heavy atom. The van der Waals surface area contributed by atoms with Gasteiger partial charge in [-0.05, 0) is 18.9 Å². The van der Waals surface area contributed by atoms with Gasteiger partial charge in [-0.15, -0.1) is 0 Å². The summed E-state index contributed by atoms with van der Waals surface area (Å²) in [6.07, 6.45) is 0.652. The maximum absolute atomic E-state index is 12.3. The average molecular weight is 350 g/mol. The van der Waals surface area contributed by atoms with Crippen LogP contribution in [0.5, 0.6) is 0 Å². The summed E-state index contributed by atoms with van der Waals surface area (Å²) in [4.78, 5) is 26.2. The third-order valence-corrected chi connectivity index (χ3v) is 6.43. The Balaban J connectivity index is 1.56. The number of carbonyl (C=O) groups excluding carboxylic acids is 2. The number of carbonyl (C=O) groups is 2. The number of likely N-dealkylation sites (tertiary alicyclic amines) is 1. The molecule has 1 N–H and O–H groups in total. The van der Waals surface area contributed by atoms with Crippen LogP contribution in [0.25, 0.3) is 0 Å². The highest BCUT2D eigenvalue weighted by Gasteiger charge is 2.36. The minimum Gasteiger partial charge on any atom is -0.352 e. The molecule has 1 aromatic carbocycles. The number of hydrogen-bond donors (Lipinski definition) is 1. The monoisotopic (exact) mass is 350 g/mol. The SMILES string of the molecule is Cc1ccc(CN2CC(C(=O)NC3CCS(=O)(=O)C3)CC2=O)cc1. The largest absolute Gasteiger partial charge is 0.352 e. The summed E-state index contributed by atoms with van der Waals surface area (Å²) in [6.45, 7) is 2.90. The van der Waals surface area contributed by atoms with Crippen LogP contribution < -0.4 is 5.32 Å². The summed E-state index contributed by atoms with van der Waals surface area (Å²) in [5, 5.41) is 2.79. The van der Waals surface area contributed by atoms with Crippen molar-refractivity contribution in [2.45, 2.75) is 32.4 Å². The van der Waals surface area contributed by atoms with E-state index >= 15 is 0 Å². The normalized spacial score (nSPS) is 25.9. The molecule has 0 aliphatic carbocycles. The molecule has 2 fully saturated rings. The van der Waals surface area contributed by atoms with Crippen LogP contribution in [-0.4, -0.2) is 49.2 Å². The Morgan fingerprint density at radius 1 is 1.29 bits per heavy atom. The van der Waals surface area contributed by atoms with Crippen LogP contribution in [0.4, 0.5) is 0 Å². The van der Waals surface area contributed by atoms with Crippen molar-refractivity contribution in [1.29, 1.82) is 0 Å². The summed E-state index contributed by atoms with van der Waals surface area (Å²) < 4.78 is 22.9. The highest BCUT2D eigenvalue weighted by molar-refractivity contribution is 7.91. The second-order valence-electron chi connectivity index (χ2n) is 6.77. The van der Waals surface area contributed by atoms with Crippen LogP contribution in [-0.2, 0) is 26.0 Å². The molecule has 24 heavy (non-hydrogen) atoms. The minimum absolute atomic E-state index is 0.00644. The molecule has 7 heteroatoms. The van der Waals surface area contributed by atoms with E-state index in [0.29, 0.717) is 19.5 Å². The van der Waals surface area contributed by atoms with Crippen LogP contribution in [0.15, 0.2) is 24.3 Å². The first-order valence-electron chi connectivity index (χ1n) is 8.16. The van der Waals surface area contributed by atoms with Crippen LogP contribution in [0.1, 0.15) is 24.0 Å². The molecule has 2 unspecified atom stereocenters. The van der Waals surface area contributed by atoms with Crippen molar-refractivity contribution in [3.63, 3.8) is 0 Å². The van der Waals surface area contributed by atoms with Gasteiger partial charge < -0.3 is 10.2 Å². The predicted molar refractivity (Wildman–Crippen MR) is 89.9 cm³/mol. The first-order chi connectivity index (χ1) is 11.3. The molecular weight excluding hydrogens is 328 g/mol. The van der Waals surface area contributed by atoms with E-state index in [1.807, 2.05) is 31.2 Å². The fraction of sp³-hybridized carbons (Fsp3) is 0.529. The van der Waals surface area contributed by atoms with Crippen molar-refractivity contribution in [2.75, 3.05) is 18.1 Å². The molecule has 0 bridgehead atoms. The number of amides is 2. The number of rotatable bonds is 4. The van der Waals surface area contributed by atoms with E-state index in [9.17, 15) is 18.0 Å². The maximum Gasteiger partial charge on any atom is 0.225 e. The molecule has 0 aromatic heterocycles. The Bertz CT molecular complexity index is 742. The topological polar surface area (TPSA) is 83.6 Å². The molecule has 2 heterocycles. The molecule has 2 atom stereocenters. The third-order valence-electron chi connectivity index (χ3n) is 4.66. The molecule has 0 saturated carbocycles. The third kappa shape index (κ3) is 3.95. The summed E-state index contributed by atoms with van der Waals surface area (Å²) >= 11 is 0. The lowest BCUT2D eigenvalue weighted by molar-refractivity contribution is -0.129. The first kappa shape index (κ1) is 17.0. The van der Waals surface area contributed by atoms with E-state index in [1.165, 1.54) is 0 Å². The number of sulfone groups is 1. The fourth-order valence-electron chi connectivity index (χ4n) is 3.24. The maximum atomic E-state index is 12.3.